The molecule has 0 bridgehead atoms. The van der Waals surface area contributed by atoms with Gasteiger partial charge in [-0.05, 0) is 16.7 Å². The number of nitroso groups, excluding NO2 is 1. The number of nitrogens with zero attached hydrogens (tertiary/aromatic N) is 1. The first-order valence-corrected chi connectivity index (χ1v) is 7.35. The molecule has 0 aliphatic carbocycles. The molecule has 0 N–H and O–H groups in total. The molecule has 0 spiro atoms. The van der Waals surface area contributed by atoms with Crippen molar-refractivity contribution in [2.75, 3.05) is 0 Å². The lowest BCUT2D eigenvalue weighted by molar-refractivity contribution is 0.534. The van der Waals surface area contributed by atoms with E-state index in [9.17, 15) is 4.91 Å². The second-order valence-corrected chi connectivity index (χ2v) is 5.35. The first kappa shape index (κ1) is 14.2. The highest BCUT2D eigenvalue weighted by Crippen LogP contribution is 2.37. The van der Waals surface area contributed by atoms with Crippen LogP contribution in [-0.2, 0) is 12.0 Å². The molecule has 0 heterocycles. The smallest absolute Gasteiger partial charge is 0.149 e. The molecule has 0 amide bonds. The van der Waals surface area contributed by atoms with Crippen LogP contribution in [0.2, 0.25) is 0 Å². The van der Waals surface area contributed by atoms with Crippen LogP contribution in [0, 0.1) is 4.91 Å². The van der Waals surface area contributed by atoms with Crippen LogP contribution in [-0.4, -0.2) is 0 Å². The molecule has 0 saturated carbocycles. The Hall–Kier alpha value is -2.74. The maximum absolute atomic E-state index is 12.0. The first-order valence-electron chi connectivity index (χ1n) is 7.35. The molecule has 0 aromatic heterocycles. The maximum Gasteiger partial charge on any atom is 0.156 e. The third-order valence-corrected chi connectivity index (χ3v) is 3.96. The zero-order valence-corrected chi connectivity index (χ0v) is 12.2. The van der Waals surface area contributed by atoms with Crippen LogP contribution >= 0.6 is 0 Å². The van der Waals surface area contributed by atoms with Crippen molar-refractivity contribution in [2.24, 2.45) is 5.18 Å². The Labute approximate surface area is 130 Å². The third-order valence-electron chi connectivity index (χ3n) is 3.96. The molecule has 0 atom stereocenters. The molecule has 0 aliphatic rings. The molecule has 0 fully saturated rings. The van der Waals surface area contributed by atoms with E-state index in [1.165, 1.54) is 0 Å². The first-order chi connectivity index (χ1) is 10.8. The standard InChI is InChI=1S/C20H17NO/c22-21-20(18-12-6-2-7-13-18,19-14-8-3-9-15-19)16-17-10-4-1-5-11-17/h1-15H,16H2. The summed E-state index contributed by atoms with van der Waals surface area (Å²) in [6.07, 6.45) is 0.547. The van der Waals surface area contributed by atoms with Crippen molar-refractivity contribution in [1.29, 1.82) is 0 Å². The fourth-order valence-corrected chi connectivity index (χ4v) is 2.83. The minimum Gasteiger partial charge on any atom is -0.149 e. The van der Waals surface area contributed by atoms with Crippen molar-refractivity contribution in [3.05, 3.63) is 113 Å². The van der Waals surface area contributed by atoms with Crippen molar-refractivity contribution < 1.29 is 0 Å². The second kappa shape index (κ2) is 6.35. The summed E-state index contributed by atoms with van der Waals surface area (Å²) in [4.78, 5) is 12.0. The average Bonchev–Trinajstić information content (AvgIpc) is 2.62. The van der Waals surface area contributed by atoms with Gasteiger partial charge in [0, 0.05) is 6.42 Å². The minimum absolute atomic E-state index is 0.547. The summed E-state index contributed by atoms with van der Waals surface area (Å²) in [5, 5.41) is 3.61. The summed E-state index contributed by atoms with van der Waals surface area (Å²) in [6, 6.07) is 29.6. The number of hydrogen-bond acceptors (Lipinski definition) is 2. The van der Waals surface area contributed by atoms with E-state index in [0.717, 1.165) is 16.7 Å². The van der Waals surface area contributed by atoms with E-state index >= 15 is 0 Å². The van der Waals surface area contributed by atoms with Gasteiger partial charge in [-0.2, -0.15) is 0 Å². The topological polar surface area (TPSA) is 29.4 Å². The van der Waals surface area contributed by atoms with Crippen molar-refractivity contribution in [3.63, 3.8) is 0 Å². The summed E-state index contributed by atoms with van der Waals surface area (Å²) in [6.45, 7) is 0. The largest absolute Gasteiger partial charge is 0.156 e. The molecule has 2 heteroatoms. The summed E-state index contributed by atoms with van der Waals surface area (Å²) in [5.74, 6) is 0. The van der Waals surface area contributed by atoms with E-state index in [4.69, 9.17) is 0 Å². The van der Waals surface area contributed by atoms with Crippen molar-refractivity contribution >= 4 is 0 Å². The Morgan fingerprint density at radius 3 is 1.45 bits per heavy atom. The van der Waals surface area contributed by atoms with Gasteiger partial charge in [0.25, 0.3) is 0 Å². The molecular weight excluding hydrogens is 270 g/mol. The molecule has 0 unspecified atom stereocenters. The Morgan fingerprint density at radius 2 is 1.05 bits per heavy atom. The van der Waals surface area contributed by atoms with E-state index in [0.29, 0.717) is 6.42 Å². The zero-order valence-electron chi connectivity index (χ0n) is 12.2. The van der Waals surface area contributed by atoms with Crippen LogP contribution in [0.15, 0.2) is 96.2 Å². The SMILES string of the molecule is O=NC(Cc1ccccc1)(c1ccccc1)c1ccccc1. The molecule has 0 saturated heterocycles. The molecule has 22 heavy (non-hydrogen) atoms. The molecule has 108 valence electrons. The van der Waals surface area contributed by atoms with E-state index < -0.39 is 5.54 Å². The van der Waals surface area contributed by atoms with Crippen LogP contribution in [0.1, 0.15) is 16.7 Å². The molecule has 0 aliphatic heterocycles. The molecule has 3 rings (SSSR count). The van der Waals surface area contributed by atoms with Crippen LogP contribution in [0.5, 0.6) is 0 Å². The molecule has 2 nitrogen and oxygen atoms in total. The van der Waals surface area contributed by atoms with E-state index in [1.54, 1.807) is 0 Å². The highest BCUT2D eigenvalue weighted by molar-refractivity contribution is 5.41. The van der Waals surface area contributed by atoms with Gasteiger partial charge < -0.3 is 0 Å². The van der Waals surface area contributed by atoms with Crippen molar-refractivity contribution in [2.45, 2.75) is 12.0 Å². The van der Waals surface area contributed by atoms with Gasteiger partial charge in [-0.25, -0.2) is 0 Å². The van der Waals surface area contributed by atoms with Gasteiger partial charge in [-0.1, -0.05) is 96.2 Å². The molecule has 3 aromatic rings. The summed E-state index contributed by atoms with van der Waals surface area (Å²) in [7, 11) is 0. The maximum atomic E-state index is 12.0. The lowest BCUT2D eigenvalue weighted by Crippen LogP contribution is -2.27. The molecule has 0 radical (unpaired) electrons. The minimum atomic E-state index is -0.899. The zero-order chi connectivity index (χ0) is 15.3. The van der Waals surface area contributed by atoms with Gasteiger partial charge in [0.15, 0.2) is 5.54 Å². The Bertz CT molecular complexity index is 684. The fraction of sp³-hybridized carbons (Fsp3) is 0.100. The monoisotopic (exact) mass is 287 g/mol. The van der Waals surface area contributed by atoms with Gasteiger partial charge in [-0.15, -0.1) is 4.91 Å². The van der Waals surface area contributed by atoms with Gasteiger partial charge in [0.2, 0.25) is 0 Å². The lowest BCUT2D eigenvalue weighted by Gasteiger charge is -2.27. The Morgan fingerprint density at radius 1 is 0.636 bits per heavy atom. The predicted octanol–water partition coefficient (Wildman–Crippen LogP) is 4.94. The number of hydrogen-bond donors (Lipinski definition) is 0. The van der Waals surface area contributed by atoms with Gasteiger partial charge in [0.1, 0.15) is 0 Å². The van der Waals surface area contributed by atoms with Crippen LogP contribution < -0.4 is 0 Å². The van der Waals surface area contributed by atoms with Gasteiger partial charge in [0.05, 0.1) is 0 Å². The summed E-state index contributed by atoms with van der Waals surface area (Å²) in [5.41, 5.74) is 2.03. The van der Waals surface area contributed by atoms with E-state index in [-0.39, 0.29) is 0 Å². The predicted molar refractivity (Wildman–Crippen MR) is 89.6 cm³/mol. The summed E-state index contributed by atoms with van der Waals surface area (Å²) >= 11 is 0. The second-order valence-electron chi connectivity index (χ2n) is 5.35. The Kier molecular flexibility index (Phi) is 4.10. The van der Waals surface area contributed by atoms with E-state index in [1.807, 2.05) is 91.0 Å². The lowest BCUT2D eigenvalue weighted by atomic mass is 9.79. The quantitative estimate of drug-likeness (QED) is 0.611. The average molecular weight is 287 g/mol. The van der Waals surface area contributed by atoms with Crippen molar-refractivity contribution in [3.8, 4) is 0 Å². The highest BCUT2D eigenvalue weighted by Gasteiger charge is 2.36. The van der Waals surface area contributed by atoms with Crippen LogP contribution in [0.3, 0.4) is 0 Å². The normalized spacial score (nSPS) is 11.1. The van der Waals surface area contributed by atoms with E-state index in [2.05, 4.69) is 5.18 Å². The third kappa shape index (κ3) is 2.68. The fourth-order valence-electron chi connectivity index (χ4n) is 2.83. The summed E-state index contributed by atoms with van der Waals surface area (Å²) < 4.78 is 0. The highest BCUT2D eigenvalue weighted by atomic mass is 16.3. The Balaban J connectivity index is 2.15. The molecule has 3 aromatic carbocycles. The van der Waals surface area contributed by atoms with Gasteiger partial charge in [-0.3, -0.25) is 0 Å². The van der Waals surface area contributed by atoms with Gasteiger partial charge >= 0.3 is 0 Å². The number of rotatable bonds is 5. The van der Waals surface area contributed by atoms with Crippen LogP contribution in [0.4, 0.5) is 0 Å². The van der Waals surface area contributed by atoms with Crippen molar-refractivity contribution in [1.82, 2.24) is 0 Å². The molecular formula is C20H17NO. The number of benzene rings is 3. The van der Waals surface area contributed by atoms with Crippen LogP contribution in [0.25, 0.3) is 0 Å².